The van der Waals surface area contributed by atoms with E-state index in [0.717, 1.165) is 22.3 Å². The lowest BCUT2D eigenvalue weighted by molar-refractivity contribution is 0.0998. The van der Waals surface area contributed by atoms with Crippen LogP contribution in [0.2, 0.25) is 0 Å². The van der Waals surface area contributed by atoms with Crippen LogP contribution in [0.25, 0.3) is 10.2 Å². The average Bonchev–Trinajstić information content (AvgIpc) is 3.04. The van der Waals surface area contributed by atoms with Crippen LogP contribution >= 0.6 is 11.3 Å². The van der Waals surface area contributed by atoms with Crippen LogP contribution < -0.4 is 9.52 Å². The second-order valence-electron chi connectivity index (χ2n) is 6.47. The average molecular weight is 442 g/mol. The number of sulfonamides is 1. The Labute approximate surface area is 176 Å². The summed E-state index contributed by atoms with van der Waals surface area (Å²) in [6.07, 6.45) is 0. The maximum atomic E-state index is 13.1. The van der Waals surface area contributed by atoms with Gasteiger partial charge in [-0.05, 0) is 54.6 Å². The van der Waals surface area contributed by atoms with Crippen LogP contribution in [0.3, 0.4) is 0 Å². The predicted octanol–water partition coefficient (Wildman–Crippen LogP) is 3.92. The number of hydrogen-bond donors (Lipinski definition) is 1. The number of hydrogen-bond acceptors (Lipinski definition) is 4. The van der Waals surface area contributed by atoms with E-state index in [1.54, 1.807) is 12.1 Å². The normalized spacial score (nSPS) is 12.3. The Kier molecular flexibility index (Phi) is 5.23. The van der Waals surface area contributed by atoms with Crippen molar-refractivity contribution in [3.63, 3.8) is 0 Å². The van der Waals surface area contributed by atoms with E-state index in [2.05, 4.69) is 9.71 Å². The summed E-state index contributed by atoms with van der Waals surface area (Å²) in [4.78, 5) is 17.3. The molecule has 4 aromatic rings. The van der Waals surface area contributed by atoms with Crippen molar-refractivity contribution >= 4 is 43.2 Å². The molecule has 0 bridgehead atoms. The SMILES string of the molecule is Cn1c(=NC(=O)c2cccc(NS(=O)(=O)c3ccc(F)cc3)c2)sc2ccccc21. The molecule has 9 heteroatoms. The molecule has 0 unspecified atom stereocenters. The van der Waals surface area contributed by atoms with Gasteiger partial charge in [0.25, 0.3) is 15.9 Å². The Morgan fingerprint density at radius 3 is 2.50 bits per heavy atom. The van der Waals surface area contributed by atoms with Crippen LogP contribution in [0, 0.1) is 5.82 Å². The summed E-state index contributed by atoms with van der Waals surface area (Å²) in [7, 11) is -2.08. The molecule has 0 saturated heterocycles. The lowest BCUT2D eigenvalue weighted by Gasteiger charge is -2.08. The number of nitrogens with one attached hydrogen (secondary N) is 1. The molecule has 0 fully saturated rings. The fourth-order valence-electron chi connectivity index (χ4n) is 2.88. The van der Waals surface area contributed by atoms with E-state index < -0.39 is 21.7 Å². The first-order valence-corrected chi connectivity index (χ1v) is 11.2. The molecular weight excluding hydrogens is 425 g/mol. The zero-order valence-electron chi connectivity index (χ0n) is 15.7. The molecule has 0 aliphatic carbocycles. The van der Waals surface area contributed by atoms with Crippen molar-refractivity contribution in [2.24, 2.45) is 12.0 Å². The number of thiazole rings is 1. The third kappa shape index (κ3) is 4.03. The van der Waals surface area contributed by atoms with E-state index in [4.69, 9.17) is 0 Å². The quantitative estimate of drug-likeness (QED) is 0.521. The molecule has 3 aromatic carbocycles. The first-order chi connectivity index (χ1) is 14.3. The highest BCUT2D eigenvalue weighted by molar-refractivity contribution is 7.92. The lowest BCUT2D eigenvalue weighted by atomic mass is 10.2. The van der Waals surface area contributed by atoms with E-state index in [0.29, 0.717) is 4.80 Å². The first kappa shape index (κ1) is 20.0. The van der Waals surface area contributed by atoms with Crippen LogP contribution in [0.4, 0.5) is 10.1 Å². The number of halogens is 1. The minimum atomic E-state index is -3.92. The molecule has 0 atom stereocenters. The molecule has 1 amide bonds. The van der Waals surface area contributed by atoms with Gasteiger partial charge >= 0.3 is 0 Å². The van der Waals surface area contributed by atoms with Crippen molar-refractivity contribution in [3.05, 3.63) is 89.0 Å². The Hall–Kier alpha value is -3.30. The summed E-state index contributed by atoms with van der Waals surface area (Å²) in [5.41, 5.74) is 1.42. The fourth-order valence-corrected chi connectivity index (χ4v) is 4.95. The first-order valence-electron chi connectivity index (χ1n) is 8.85. The molecule has 30 heavy (non-hydrogen) atoms. The Morgan fingerprint density at radius 1 is 1.03 bits per heavy atom. The number of anilines is 1. The van der Waals surface area contributed by atoms with Gasteiger partial charge < -0.3 is 4.57 Å². The summed E-state index contributed by atoms with van der Waals surface area (Å²) in [6, 6.07) is 18.3. The third-order valence-electron chi connectivity index (χ3n) is 4.40. The van der Waals surface area contributed by atoms with Gasteiger partial charge in [0.15, 0.2) is 4.80 Å². The highest BCUT2D eigenvalue weighted by atomic mass is 32.2. The number of nitrogens with zero attached hydrogens (tertiary/aromatic N) is 2. The van der Waals surface area contributed by atoms with Gasteiger partial charge in [-0.1, -0.05) is 29.5 Å². The van der Waals surface area contributed by atoms with Crippen molar-refractivity contribution in [1.29, 1.82) is 0 Å². The van der Waals surface area contributed by atoms with Crippen LogP contribution in [0.5, 0.6) is 0 Å². The van der Waals surface area contributed by atoms with E-state index in [1.165, 1.54) is 35.6 Å². The van der Waals surface area contributed by atoms with Crippen LogP contribution in [0.1, 0.15) is 10.4 Å². The molecule has 0 saturated carbocycles. The van der Waals surface area contributed by atoms with Gasteiger partial charge in [-0.2, -0.15) is 4.99 Å². The van der Waals surface area contributed by atoms with E-state index >= 15 is 0 Å². The molecule has 1 N–H and O–H groups in total. The van der Waals surface area contributed by atoms with Crippen LogP contribution in [0.15, 0.2) is 82.7 Å². The van der Waals surface area contributed by atoms with Gasteiger partial charge in [-0.15, -0.1) is 0 Å². The molecule has 0 radical (unpaired) electrons. The maximum Gasteiger partial charge on any atom is 0.279 e. The number of fused-ring (bicyclic) bond motifs is 1. The molecule has 0 spiro atoms. The fraction of sp³-hybridized carbons (Fsp3) is 0.0476. The zero-order chi connectivity index (χ0) is 21.3. The minimum Gasteiger partial charge on any atom is -0.319 e. The summed E-state index contributed by atoms with van der Waals surface area (Å²) in [6.45, 7) is 0. The number of carbonyl (C=O) groups is 1. The van der Waals surface area contributed by atoms with Crippen LogP contribution in [-0.4, -0.2) is 18.9 Å². The van der Waals surface area contributed by atoms with Crippen molar-refractivity contribution in [1.82, 2.24) is 4.57 Å². The highest BCUT2D eigenvalue weighted by Crippen LogP contribution is 2.19. The lowest BCUT2D eigenvalue weighted by Crippen LogP contribution is -2.14. The van der Waals surface area contributed by atoms with Crippen molar-refractivity contribution < 1.29 is 17.6 Å². The molecule has 1 heterocycles. The molecular formula is C21H16FN3O3S2. The number of amides is 1. The summed E-state index contributed by atoms with van der Waals surface area (Å²) >= 11 is 1.39. The second kappa shape index (κ2) is 7.85. The number of aromatic nitrogens is 1. The zero-order valence-corrected chi connectivity index (χ0v) is 17.4. The minimum absolute atomic E-state index is 0.0809. The largest absolute Gasteiger partial charge is 0.319 e. The van der Waals surface area contributed by atoms with Gasteiger partial charge in [0.05, 0.1) is 15.1 Å². The van der Waals surface area contributed by atoms with Gasteiger partial charge in [0.2, 0.25) is 0 Å². The molecule has 0 aliphatic heterocycles. The molecule has 1 aromatic heterocycles. The van der Waals surface area contributed by atoms with Gasteiger partial charge in [-0.25, -0.2) is 12.8 Å². The molecule has 4 rings (SSSR count). The van der Waals surface area contributed by atoms with Crippen LogP contribution in [-0.2, 0) is 17.1 Å². The Bertz CT molecular complexity index is 1420. The second-order valence-corrected chi connectivity index (χ2v) is 9.16. The van der Waals surface area contributed by atoms with Crippen molar-refractivity contribution in [2.45, 2.75) is 4.90 Å². The maximum absolute atomic E-state index is 13.1. The molecule has 0 aliphatic rings. The van der Waals surface area contributed by atoms with Gasteiger partial charge in [-0.3, -0.25) is 9.52 Å². The number of aryl methyl sites for hydroxylation is 1. The summed E-state index contributed by atoms with van der Waals surface area (Å²) in [5.74, 6) is -1.02. The highest BCUT2D eigenvalue weighted by Gasteiger charge is 2.15. The Morgan fingerprint density at radius 2 is 1.77 bits per heavy atom. The monoisotopic (exact) mass is 441 g/mol. The third-order valence-corrected chi connectivity index (χ3v) is 6.91. The standard InChI is InChI=1S/C21H16FN3O3S2/c1-25-18-7-2-3-8-19(18)29-21(25)23-20(26)14-5-4-6-16(13-14)24-30(27,28)17-11-9-15(22)10-12-17/h2-13,24H,1H3. The number of carbonyl (C=O) groups excluding carboxylic acids is 1. The molecule has 6 nitrogen and oxygen atoms in total. The Balaban J connectivity index is 1.63. The summed E-state index contributed by atoms with van der Waals surface area (Å²) in [5, 5.41) is 0. The van der Waals surface area contributed by atoms with E-state index in [-0.39, 0.29) is 16.1 Å². The van der Waals surface area contributed by atoms with E-state index in [1.807, 2.05) is 35.9 Å². The molecule has 152 valence electrons. The van der Waals surface area contributed by atoms with Crippen molar-refractivity contribution in [3.8, 4) is 0 Å². The van der Waals surface area contributed by atoms with Crippen molar-refractivity contribution in [2.75, 3.05) is 4.72 Å². The number of para-hydroxylation sites is 1. The number of rotatable bonds is 4. The number of benzene rings is 3. The van der Waals surface area contributed by atoms with E-state index in [9.17, 15) is 17.6 Å². The van der Waals surface area contributed by atoms with Gasteiger partial charge in [0, 0.05) is 18.3 Å². The summed E-state index contributed by atoms with van der Waals surface area (Å²) < 4.78 is 43.3. The topological polar surface area (TPSA) is 80.5 Å². The smallest absolute Gasteiger partial charge is 0.279 e. The predicted molar refractivity (Wildman–Crippen MR) is 114 cm³/mol. The van der Waals surface area contributed by atoms with Gasteiger partial charge in [0.1, 0.15) is 5.82 Å².